The van der Waals surface area contributed by atoms with E-state index in [1.54, 1.807) is 0 Å². The molecular formula is C7H5F3N8O2S. The van der Waals surface area contributed by atoms with Crippen LogP contribution in [0.2, 0.25) is 0 Å². The van der Waals surface area contributed by atoms with E-state index < -0.39 is 28.4 Å². The van der Waals surface area contributed by atoms with Gasteiger partial charge in [0.1, 0.15) is 6.20 Å². The maximum atomic E-state index is 12.5. The lowest BCUT2D eigenvalue weighted by Gasteiger charge is -2.05. The van der Waals surface area contributed by atoms with Gasteiger partial charge in [-0.2, -0.15) is 18.2 Å². The van der Waals surface area contributed by atoms with Gasteiger partial charge in [-0.15, -0.1) is 10.2 Å². The Balaban J connectivity index is 2.29. The number of hydrogen-bond donors (Lipinski definition) is 2. The summed E-state index contributed by atoms with van der Waals surface area (Å²) in [7, 11) is 0. The van der Waals surface area contributed by atoms with E-state index in [-0.39, 0.29) is 15.0 Å². The van der Waals surface area contributed by atoms with Crippen molar-refractivity contribution in [3.05, 3.63) is 22.1 Å². The Morgan fingerprint density at radius 3 is 2.52 bits per heavy atom. The molecule has 0 saturated carbocycles. The Morgan fingerprint density at radius 2 is 2.05 bits per heavy atom. The molecule has 0 aliphatic heterocycles. The number of nitrogen functional groups attached to an aromatic ring is 2. The summed E-state index contributed by atoms with van der Waals surface area (Å²) in [5.74, 6) is 3.37. The average molecular weight is 322 g/mol. The summed E-state index contributed by atoms with van der Waals surface area (Å²) in [6.45, 7) is 0. The van der Waals surface area contributed by atoms with Crippen molar-refractivity contribution in [3.63, 3.8) is 0 Å². The first-order valence-corrected chi connectivity index (χ1v) is 5.74. The lowest BCUT2D eigenvalue weighted by molar-refractivity contribution is -0.384. The molecule has 0 saturated heterocycles. The highest BCUT2D eigenvalue weighted by Gasteiger charge is 2.38. The van der Waals surface area contributed by atoms with Crippen LogP contribution in [0, 0.1) is 10.1 Å². The predicted molar refractivity (Wildman–Crippen MR) is 62.4 cm³/mol. The molecule has 0 amide bonds. The SMILES string of the molecule is Nc1nc(Sc2nnc(C(F)(F)F)n2N)ncc1[N+](=O)[O-]. The Kier molecular flexibility index (Phi) is 3.54. The van der Waals surface area contributed by atoms with Crippen LogP contribution in [-0.4, -0.2) is 29.8 Å². The third kappa shape index (κ3) is 2.93. The Labute approximate surface area is 117 Å². The number of aromatic nitrogens is 5. The van der Waals surface area contributed by atoms with Crippen molar-refractivity contribution in [1.29, 1.82) is 0 Å². The number of nitro groups is 1. The van der Waals surface area contributed by atoms with Crippen LogP contribution in [0.25, 0.3) is 0 Å². The van der Waals surface area contributed by atoms with Gasteiger partial charge in [0.05, 0.1) is 4.92 Å². The van der Waals surface area contributed by atoms with Gasteiger partial charge >= 0.3 is 11.9 Å². The third-order valence-electron chi connectivity index (χ3n) is 2.07. The van der Waals surface area contributed by atoms with E-state index >= 15 is 0 Å². The van der Waals surface area contributed by atoms with Crippen molar-refractivity contribution < 1.29 is 18.1 Å². The summed E-state index contributed by atoms with van der Waals surface area (Å²) < 4.78 is 37.6. The van der Waals surface area contributed by atoms with E-state index in [4.69, 9.17) is 11.6 Å². The standard InChI is InChI=1S/C7H5F3N8O2S/c8-7(9,10)4-15-16-6(17(4)12)21-5-13-1-2(18(19)20)3(11)14-5/h1H,12H2,(H2,11,13,14). The van der Waals surface area contributed by atoms with Gasteiger partial charge in [0.25, 0.3) is 5.82 Å². The molecule has 0 atom stereocenters. The molecule has 2 aromatic rings. The van der Waals surface area contributed by atoms with E-state index in [1.165, 1.54) is 0 Å². The van der Waals surface area contributed by atoms with Crippen LogP contribution in [0.1, 0.15) is 5.82 Å². The quantitative estimate of drug-likeness (QED) is 0.355. The minimum atomic E-state index is -4.77. The molecule has 10 nitrogen and oxygen atoms in total. The van der Waals surface area contributed by atoms with Crippen LogP contribution in [0.5, 0.6) is 0 Å². The van der Waals surface area contributed by atoms with Gasteiger partial charge < -0.3 is 11.6 Å². The second-order valence-corrected chi connectivity index (χ2v) is 4.39. The summed E-state index contributed by atoms with van der Waals surface area (Å²) in [5.41, 5.74) is 4.80. The van der Waals surface area contributed by atoms with Crippen LogP contribution in [0.3, 0.4) is 0 Å². The first-order valence-electron chi connectivity index (χ1n) is 4.92. The van der Waals surface area contributed by atoms with Gasteiger partial charge in [0.15, 0.2) is 5.16 Å². The molecule has 2 aromatic heterocycles. The van der Waals surface area contributed by atoms with Gasteiger partial charge in [-0.3, -0.25) is 10.1 Å². The van der Waals surface area contributed by atoms with Crippen LogP contribution in [-0.2, 0) is 6.18 Å². The molecule has 0 radical (unpaired) electrons. The molecule has 14 heteroatoms. The fourth-order valence-electron chi connectivity index (χ4n) is 1.18. The molecule has 2 rings (SSSR count). The highest BCUT2D eigenvalue weighted by molar-refractivity contribution is 7.99. The molecule has 2 heterocycles. The van der Waals surface area contributed by atoms with Crippen molar-refractivity contribution in [1.82, 2.24) is 24.8 Å². The van der Waals surface area contributed by atoms with Gasteiger partial charge in [0.2, 0.25) is 11.0 Å². The number of alkyl halides is 3. The van der Waals surface area contributed by atoms with Crippen molar-refractivity contribution >= 4 is 23.3 Å². The summed E-state index contributed by atoms with van der Waals surface area (Å²) in [5, 5.41) is 16.2. The lowest BCUT2D eigenvalue weighted by Crippen LogP contribution is -2.21. The monoisotopic (exact) mass is 322 g/mol. The molecule has 0 unspecified atom stereocenters. The van der Waals surface area contributed by atoms with Crippen LogP contribution >= 0.6 is 11.8 Å². The largest absolute Gasteiger partial charge is 0.453 e. The molecule has 0 aromatic carbocycles. The fourth-order valence-corrected chi connectivity index (χ4v) is 1.86. The summed E-state index contributed by atoms with van der Waals surface area (Å²) in [4.78, 5) is 16.9. The van der Waals surface area contributed by atoms with E-state index in [0.29, 0.717) is 11.8 Å². The number of hydrogen-bond acceptors (Lipinski definition) is 9. The second kappa shape index (κ2) is 5.04. The van der Waals surface area contributed by atoms with E-state index in [0.717, 1.165) is 6.20 Å². The molecule has 112 valence electrons. The van der Waals surface area contributed by atoms with Crippen molar-refractivity contribution in [2.45, 2.75) is 16.5 Å². The zero-order valence-electron chi connectivity index (χ0n) is 9.77. The molecular weight excluding hydrogens is 317 g/mol. The molecule has 4 N–H and O–H groups in total. The third-order valence-corrected chi connectivity index (χ3v) is 2.91. The fraction of sp³-hybridized carbons (Fsp3) is 0.143. The number of halogens is 3. The smallest absolute Gasteiger partial charge is 0.378 e. The van der Waals surface area contributed by atoms with Crippen molar-refractivity contribution in [2.75, 3.05) is 11.6 Å². The van der Waals surface area contributed by atoms with Crippen molar-refractivity contribution in [2.24, 2.45) is 0 Å². The van der Waals surface area contributed by atoms with Gasteiger partial charge in [-0.25, -0.2) is 9.66 Å². The van der Waals surface area contributed by atoms with E-state index in [1.807, 2.05) is 0 Å². The number of nitrogens with two attached hydrogens (primary N) is 2. The van der Waals surface area contributed by atoms with Crippen LogP contribution < -0.4 is 11.6 Å². The molecule has 0 aliphatic rings. The highest BCUT2D eigenvalue weighted by atomic mass is 32.2. The topological polar surface area (TPSA) is 152 Å². The summed E-state index contributed by atoms with van der Waals surface area (Å²) in [6, 6.07) is 0. The maximum absolute atomic E-state index is 12.5. The predicted octanol–water partition coefficient (Wildman–Crippen LogP) is 0.442. The molecule has 0 fully saturated rings. The lowest BCUT2D eigenvalue weighted by atomic mass is 10.5. The average Bonchev–Trinajstić information content (AvgIpc) is 2.70. The molecule has 21 heavy (non-hydrogen) atoms. The van der Waals surface area contributed by atoms with Gasteiger partial charge in [-0.1, -0.05) is 0 Å². The second-order valence-electron chi connectivity index (χ2n) is 3.46. The first kappa shape index (κ1) is 14.8. The van der Waals surface area contributed by atoms with Gasteiger partial charge in [0, 0.05) is 0 Å². The number of rotatable bonds is 3. The molecule has 0 bridgehead atoms. The van der Waals surface area contributed by atoms with E-state index in [9.17, 15) is 23.3 Å². The Morgan fingerprint density at radius 1 is 1.38 bits per heavy atom. The number of nitrogens with zero attached hydrogens (tertiary/aromatic N) is 6. The van der Waals surface area contributed by atoms with E-state index in [2.05, 4.69) is 20.2 Å². The normalized spacial score (nSPS) is 11.6. The van der Waals surface area contributed by atoms with Crippen LogP contribution in [0.15, 0.2) is 16.5 Å². The molecule has 0 aliphatic carbocycles. The summed E-state index contributed by atoms with van der Waals surface area (Å²) >= 11 is 0.525. The minimum Gasteiger partial charge on any atom is -0.378 e. The zero-order chi connectivity index (χ0) is 15.8. The Bertz CT molecular complexity index is 702. The minimum absolute atomic E-state index is 0.161. The zero-order valence-corrected chi connectivity index (χ0v) is 10.6. The first-order chi connectivity index (χ1) is 9.70. The maximum Gasteiger partial charge on any atom is 0.453 e. The molecule has 0 spiro atoms. The highest BCUT2D eigenvalue weighted by Crippen LogP contribution is 2.31. The van der Waals surface area contributed by atoms with Gasteiger partial charge in [-0.05, 0) is 11.8 Å². The van der Waals surface area contributed by atoms with Crippen molar-refractivity contribution in [3.8, 4) is 0 Å². The Hall–Kier alpha value is -2.64. The summed E-state index contributed by atoms with van der Waals surface area (Å²) in [6.07, 6.45) is -3.94. The van der Waals surface area contributed by atoms with Crippen LogP contribution in [0.4, 0.5) is 24.7 Å². The number of anilines is 1.